The third-order valence-electron chi connectivity index (χ3n) is 2.31. The van der Waals surface area contributed by atoms with Crippen LogP contribution in [0.3, 0.4) is 0 Å². The highest BCUT2D eigenvalue weighted by molar-refractivity contribution is 7.18. The van der Waals surface area contributed by atoms with Gasteiger partial charge in [-0.05, 0) is 18.1 Å². The van der Waals surface area contributed by atoms with Gasteiger partial charge in [-0.15, -0.1) is 11.3 Å². The average molecular weight is 206 g/mol. The lowest BCUT2D eigenvalue weighted by molar-refractivity contribution is 0.513. The minimum atomic E-state index is 0.0624. The van der Waals surface area contributed by atoms with Crippen LogP contribution in [0, 0.1) is 5.92 Å². The van der Waals surface area contributed by atoms with Crippen LogP contribution in [0.1, 0.15) is 24.9 Å². The quantitative estimate of drug-likeness (QED) is 0.820. The van der Waals surface area contributed by atoms with Crippen molar-refractivity contribution in [3.63, 3.8) is 0 Å². The second-order valence-electron chi connectivity index (χ2n) is 3.79. The zero-order chi connectivity index (χ0) is 10.1. The molecule has 0 spiro atoms. The van der Waals surface area contributed by atoms with E-state index in [1.165, 1.54) is 4.70 Å². The highest BCUT2D eigenvalue weighted by atomic mass is 32.1. The molecule has 0 saturated heterocycles. The van der Waals surface area contributed by atoms with Crippen LogP contribution < -0.4 is 5.73 Å². The van der Waals surface area contributed by atoms with Gasteiger partial charge in [0.2, 0.25) is 0 Å². The lowest BCUT2D eigenvalue weighted by atomic mass is 10.1. The summed E-state index contributed by atoms with van der Waals surface area (Å²) in [5.41, 5.74) is 7.11. The number of benzene rings is 1. The zero-order valence-electron chi connectivity index (χ0n) is 8.40. The van der Waals surface area contributed by atoms with Crippen LogP contribution in [0.25, 0.3) is 10.2 Å². The number of rotatable bonds is 2. The molecule has 14 heavy (non-hydrogen) atoms. The first-order valence-corrected chi connectivity index (χ1v) is 5.61. The second kappa shape index (κ2) is 3.67. The summed E-state index contributed by atoms with van der Waals surface area (Å²) in [6, 6.07) is 8.22. The van der Waals surface area contributed by atoms with Crippen LogP contribution >= 0.6 is 11.3 Å². The summed E-state index contributed by atoms with van der Waals surface area (Å²) in [5, 5.41) is 1.04. The maximum atomic E-state index is 6.05. The van der Waals surface area contributed by atoms with Crippen LogP contribution in [-0.2, 0) is 0 Å². The van der Waals surface area contributed by atoms with E-state index < -0.39 is 0 Å². The second-order valence-corrected chi connectivity index (χ2v) is 4.85. The van der Waals surface area contributed by atoms with Gasteiger partial charge < -0.3 is 5.73 Å². The number of hydrogen-bond donors (Lipinski definition) is 1. The summed E-state index contributed by atoms with van der Waals surface area (Å²) in [5.74, 6) is 0.440. The number of fused-ring (bicyclic) bond motifs is 1. The maximum Gasteiger partial charge on any atom is 0.111 e. The number of para-hydroxylation sites is 1. The molecular formula is C11H14N2S. The van der Waals surface area contributed by atoms with Crippen molar-refractivity contribution < 1.29 is 0 Å². The third-order valence-corrected chi connectivity index (χ3v) is 3.45. The average Bonchev–Trinajstić information content (AvgIpc) is 2.59. The van der Waals surface area contributed by atoms with E-state index in [1.807, 2.05) is 18.2 Å². The number of thiazole rings is 1. The molecule has 1 aromatic carbocycles. The fourth-order valence-corrected chi connectivity index (χ4v) is 2.46. The summed E-state index contributed by atoms with van der Waals surface area (Å²) in [4.78, 5) is 4.53. The van der Waals surface area contributed by atoms with Crippen LogP contribution in [0.15, 0.2) is 24.3 Å². The van der Waals surface area contributed by atoms with Crippen molar-refractivity contribution in [2.45, 2.75) is 19.9 Å². The van der Waals surface area contributed by atoms with E-state index in [0.717, 1.165) is 10.5 Å². The Kier molecular flexibility index (Phi) is 2.52. The Morgan fingerprint density at radius 1 is 1.29 bits per heavy atom. The minimum absolute atomic E-state index is 0.0624. The largest absolute Gasteiger partial charge is 0.322 e. The SMILES string of the molecule is CC(C)[C@H](N)c1nc2ccccc2s1. The minimum Gasteiger partial charge on any atom is -0.322 e. The van der Waals surface area contributed by atoms with Gasteiger partial charge in [0.25, 0.3) is 0 Å². The summed E-state index contributed by atoms with van der Waals surface area (Å²) in [7, 11) is 0. The molecular weight excluding hydrogens is 192 g/mol. The van der Waals surface area contributed by atoms with E-state index in [1.54, 1.807) is 11.3 Å². The van der Waals surface area contributed by atoms with Gasteiger partial charge in [0, 0.05) is 0 Å². The number of aromatic nitrogens is 1. The van der Waals surface area contributed by atoms with Gasteiger partial charge in [-0.25, -0.2) is 4.98 Å². The summed E-state index contributed by atoms with van der Waals surface area (Å²) in [6.45, 7) is 4.24. The Morgan fingerprint density at radius 3 is 2.64 bits per heavy atom. The Hall–Kier alpha value is -0.930. The monoisotopic (exact) mass is 206 g/mol. The van der Waals surface area contributed by atoms with Crippen molar-refractivity contribution in [1.29, 1.82) is 0 Å². The Morgan fingerprint density at radius 2 is 2.00 bits per heavy atom. The zero-order valence-corrected chi connectivity index (χ0v) is 9.21. The molecule has 1 aromatic heterocycles. The molecule has 3 heteroatoms. The van der Waals surface area contributed by atoms with Crippen molar-refractivity contribution in [1.82, 2.24) is 4.98 Å². The van der Waals surface area contributed by atoms with Gasteiger partial charge in [0.15, 0.2) is 0 Å². The smallest absolute Gasteiger partial charge is 0.111 e. The molecule has 0 radical (unpaired) electrons. The predicted molar refractivity (Wildman–Crippen MR) is 61.4 cm³/mol. The van der Waals surface area contributed by atoms with Crippen LogP contribution in [0.2, 0.25) is 0 Å². The van der Waals surface area contributed by atoms with E-state index in [9.17, 15) is 0 Å². The Bertz CT molecular complexity index is 401. The van der Waals surface area contributed by atoms with Gasteiger partial charge >= 0.3 is 0 Å². The fourth-order valence-electron chi connectivity index (χ4n) is 1.32. The maximum absolute atomic E-state index is 6.05. The standard InChI is InChI=1S/C11H14N2S/c1-7(2)10(12)11-13-8-5-3-4-6-9(8)14-11/h3-7,10H,12H2,1-2H3/t10-/m0/s1. The Balaban J connectivity index is 2.45. The van der Waals surface area contributed by atoms with Gasteiger partial charge in [0.05, 0.1) is 16.3 Å². The number of nitrogens with two attached hydrogens (primary N) is 1. The highest BCUT2D eigenvalue weighted by Crippen LogP contribution is 2.28. The molecule has 2 rings (SSSR count). The van der Waals surface area contributed by atoms with Gasteiger partial charge in [-0.1, -0.05) is 26.0 Å². The van der Waals surface area contributed by atoms with Crippen molar-refractivity contribution in [2.75, 3.05) is 0 Å². The molecule has 0 unspecified atom stereocenters. The first-order valence-electron chi connectivity index (χ1n) is 4.79. The fraction of sp³-hybridized carbons (Fsp3) is 0.364. The predicted octanol–water partition coefficient (Wildman–Crippen LogP) is 2.95. The molecule has 2 aromatic rings. The summed E-state index contributed by atoms with van der Waals surface area (Å²) in [6.07, 6.45) is 0. The van der Waals surface area contributed by atoms with Gasteiger partial charge in [-0.2, -0.15) is 0 Å². The lowest BCUT2D eigenvalue weighted by Gasteiger charge is -2.11. The van der Waals surface area contributed by atoms with E-state index in [0.29, 0.717) is 5.92 Å². The molecule has 74 valence electrons. The number of hydrogen-bond acceptors (Lipinski definition) is 3. The molecule has 0 saturated carbocycles. The molecule has 1 heterocycles. The highest BCUT2D eigenvalue weighted by Gasteiger charge is 2.14. The normalized spacial score (nSPS) is 13.7. The molecule has 2 nitrogen and oxygen atoms in total. The lowest BCUT2D eigenvalue weighted by Crippen LogP contribution is -2.16. The number of nitrogens with zero attached hydrogens (tertiary/aromatic N) is 1. The topological polar surface area (TPSA) is 38.9 Å². The summed E-state index contributed by atoms with van der Waals surface area (Å²) >= 11 is 1.70. The van der Waals surface area contributed by atoms with E-state index >= 15 is 0 Å². The van der Waals surface area contributed by atoms with E-state index in [-0.39, 0.29) is 6.04 Å². The van der Waals surface area contributed by atoms with Gasteiger partial charge in [-0.3, -0.25) is 0 Å². The van der Waals surface area contributed by atoms with E-state index in [2.05, 4.69) is 24.9 Å². The molecule has 2 N–H and O–H groups in total. The van der Waals surface area contributed by atoms with Crippen molar-refractivity contribution in [3.05, 3.63) is 29.3 Å². The van der Waals surface area contributed by atoms with Crippen molar-refractivity contribution >= 4 is 21.6 Å². The molecule has 0 bridgehead atoms. The first-order chi connectivity index (χ1) is 6.68. The van der Waals surface area contributed by atoms with Crippen molar-refractivity contribution in [2.24, 2.45) is 11.7 Å². The molecule has 0 aliphatic carbocycles. The molecule has 1 atom stereocenters. The van der Waals surface area contributed by atoms with Crippen molar-refractivity contribution in [3.8, 4) is 0 Å². The van der Waals surface area contributed by atoms with Crippen LogP contribution in [0.5, 0.6) is 0 Å². The van der Waals surface area contributed by atoms with Crippen LogP contribution in [0.4, 0.5) is 0 Å². The van der Waals surface area contributed by atoms with Crippen LogP contribution in [-0.4, -0.2) is 4.98 Å². The molecule has 0 fully saturated rings. The molecule has 0 aliphatic heterocycles. The summed E-state index contributed by atoms with van der Waals surface area (Å²) < 4.78 is 1.22. The molecule has 0 aliphatic rings. The Labute approximate surface area is 87.8 Å². The third kappa shape index (κ3) is 1.65. The molecule has 0 amide bonds. The van der Waals surface area contributed by atoms with E-state index in [4.69, 9.17) is 5.73 Å². The van der Waals surface area contributed by atoms with Gasteiger partial charge in [0.1, 0.15) is 5.01 Å². The first kappa shape index (κ1) is 9.62.